The Labute approximate surface area is 116 Å². The second kappa shape index (κ2) is 5.45. The van der Waals surface area contributed by atoms with Gasteiger partial charge in [-0.05, 0) is 25.5 Å². The lowest BCUT2D eigenvalue weighted by Crippen LogP contribution is -2.09. The van der Waals surface area contributed by atoms with E-state index in [1.807, 2.05) is 26.0 Å². The second-order valence-corrected chi connectivity index (χ2v) is 4.81. The van der Waals surface area contributed by atoms with Crippen LogP contribution < -0.4 is 5.32 Å². The van der Waals surface area contributed by atoms with Crippen LogP contribution >= 0.6 is 11.6 Å². The summed E-state index contributed by atoms with van der Waals surface area (Å²) in [6.45, 7) is 4.26. The maximum absolute atomic E-state index is 10.6. The molecule has 1 aromatic carbocycles. The summed E-state index contributed by atoms with van der Waals surface area (Å²) in [5.74, 6) is -0.821. The molecule has 0 bridgehead atoms. The molecule has 100 valence electrons. The van der Waals surface area contributed by atoms with Gasteiger partial charge in [0.15, 0.2) is 0 Å². The molecule has 0 saturated heterocycles. The number of hydrogen-bond donors (Lipinski definition) is 2. The van der Waals surface area contributed by atoms with Crippen molar-refractivity contribution >= 4 is 34.2 Å². The predicted octanol–water partition coefficient (Wildman–Crippen LogP) is 3.39. The first-order chi connectivity index (χ1) is 9.00. The number of aliphatic carboxylic acids is 1. The van der Waals surface area contributed by atoms with Gasteiger partial charge < -0.3 is 10.4 Å². The van der Waals surface area contributed by atoms with Crippen molar-refractivity contribution in [3.63, 3.8) is 0 Å². The third-order valence-corrected chi connectivity index (χ3v) is 3.40. The van der Waals surface area contributed by atoms with E-state index in [9.17, 15) is 4.79 Å². The number of rotatable bonds is 4. The summed E-state index contributed by atoms with van der Waals surface area (Å²) in [5.41, 5.74) is 3.55. The second-order valence-electron chi connectivity index (χ2n) is 4.40. The molecular weight excluding hydrogens is 264 g/mol. The highest BCUT2D eigenvalue weighted by atomic mass is 35.5. The molecule has 0 spiro atoms. The average molecular weight is 279 g/mol. The van der Waals surface area contributed by atoms with Crippen molar-refractivity contribution in [2.24, 2.45) is 0 Å². The molecule has 0 aliphatic rings. The van der Waals surface area contributed by atoms with Crippen LogP contribution in [0.2, 0.25) is 5.02 Å². The number of pyridine rings is 1. The predicted molar refractivity (Wildman–Crippen MR) is 77.0 cm³/mol. The molecule has 1 heterocycles. The van der Waals surface area contributed by atoms with Gasteiger partial charge in [-0.15, -0.1) is 0 Å². The first-order valence-corrected chi connectivity index (χ1v) is 6.39. The fourth-order valence-corrected chi connectivity index (χ4v) is 2.20. The van der Waals surface area contributed by atoms with Gasteiger partial charge in [0.05, 0.1) is 17.0 Å². The number of carboxylic acid groups (broad SMARTS) is 1. The van der Waals surface area contributed by atoms with E-state index in [1.165, 1.54) is 0 Å². The van der Waals surface area contributed by atoms with Crippen molar-refractivity contribution < 1.29 is 9.90 Å². The number of para-hydroxylation sites is 1. The fourth-order valence-electron chi connectivity index (χ4n) is 1.99. The summed E-state index contributed by atoms with van der Waals surface area (Å²) in [4.78, 5) is 15.1. The lowest BCUT2D eigenvalue weighted by atomic mass is 10.1. The minimum Gasteiger partial charge on any atom is -0.481 e. The SMILES string of the molecule is Cc1nc2c(Cl)cccc2c(NCCC(=O)O)c1C. The van der Waals surface area contributed by atoms with Gasteiger partial charge in [-0.3, -0.25) is 9.78 Å². The van der Waals surface area contributed by atoms with Gasteiger partial charge in [0.2, 0.25) is 0 Å². The topological polar surface area (TPSA) is 62.2 Å². The number of carboxylic acids is 1. The van der Waals surface area contributed by atoms with E-state index in [0.717, 1.165) is 27.8 Å². The molecule has 5 heteroatoms. The Morgan fingerprint density at radius 1 is 1.42 bits per heavy atom. The monoisotopic (exact) mass is 278 g/mol. The van der Waals surface area contributed by atoms with Crippen LogP contribution in [0.3, 0.4) is 0 Å². The molecule has 0 saturated carbocycles. The zero-order chi connectivity index (χ0) is 14.0. The maximum atomic E-state index is 10.6. The number of aryl methyl sites for hydroxylation is 1. The van der Waals surface area contributed by atoms with Gasteiger partial charge in [0, 0.05) is 23.3 Å². The lowest BCUT2D eigenvalue weighted by molar-refractivity contribution is -0.136. The summed E-state index contributed by atoms with van der Waals surface area (Å²) >= 11 is 6.15. The summed E-state index contributed by atoms with van der Waals surface area (Å²) in [6.07, 6.45) is 0.0723. The van der Waals surface area contributed by atoms with Crippen molar-refractivity contribution in [3.05, 3.63) is 34.5 Å². The number of anilines is 1. The van der Waals surface area contributed by atoms with Gasteiger partial charge >= 0.3 is 5.97 Å². The molecule has 2 N–H and O–H groups in total. The summed E-state index contributed by atoms with van der Waals surface area (Å²) < 4.78 is 0. The van der Waals surface area contributed by atoms with Gasteiger partial charge in [-0.2, -0.15) is 0 Å². The third kappa shape index (κ3) is 2.79. The highest BCUT2D eigenvalue weighted by Crippen LogP contribution is 2.31. The average Bonchev–Trinajstić information content (AvgIpc) is 2.35. The number of nitrogens with one attached hydrogen (secondary N) is 1. The van der Waals surface area contributed by atoms with E-state index in [-0.39, 0.29) is 6.42 Å². The quantitative estimate of drug-likeness (QED) is 0.900. The smallest absolute Gasteiger partial charge is 0.305 e. The van der Waals surface area contributed by atoms with Crippen LogP contribution in [0.15, 0.2) is 18.2 Å². The Bertz CT molecular complexity index is 641. The van der Waals surface area contributed by atoms with Gasteiger partial charge in [0.1, 0.15) is 0 Å². The molecule has 0 atom stereocenters. The number of fused-ring (bicyclic) bond motifs is 1. The van der Waals surface area contributed by atoms with Crippen LogP contribution in [0.4, 0.5) is 5.69 Å². The van der Waals surface area contributed by atoms with Crippen LogP contribution in [0.5, 0.6) is 0 Å². The van der Waals surface area contributed by atoms with Crippen molar-refractivity contribution in [1.29, 1.82) is 0 Å². The van der Waals surface area contributed by atoms with Crippen LogP contribution in [-0.4, -0.2) is 22.6 Å². The molecule has 2 rings (SSSR count). The van der Waals surface area contributed by atoms with E-state index < -0.39 is 5.97 Å². The van der Waals surface area contributed by atoms with Crippen molar-refractivity contribution in [2.75, 3.05) is 11.9 Å². The summed E-state index contributed by atoms with van der Waals surface area (Å²) in [6, 6.07) is 5.60. The van der Waals surface area contributed by atoms with Crippen molar-refractivity contribution in [3.8, 4) is 0 Å². The highest BCUT2D eigenvalue weighted by molar-refractivity contribution is 6.35. The lowest BCUT2D eigenvalue weighted by Gasteiger charge is -2.14. The Hall–Kier alpha value is -1.81. The Morgan fingerprint density at radius 2 is 2.16 bits per heavy atom. The first-order valence-electron chi connectivity index (χ1n) is 6.02. The summed E-state index contributed by atoms with van der Waals surface area (Å²) in [5, 5.41) is 13.4. The Kier molecular flexibility index (Phi) is 3.90. The first kappa shape index (κ1) is 13.6. The number of halogens is 1. The van der Waals surface area contributed by atoms with E-state index in [4.69, 9.17) is 16.7 Å². The van der Waals surface area contributed by atoms with Crippen molar-refractivity contribution in [2.45, 2.75) is 20.3 Å². The zero-order valence-corrected chi connectivity index (χ0v) is 11.6. The molecule has 19 heavy (non-hydrogen) atoms. The normalized spacial score (nSPS) is 10.7. The minimum atomic E-state index is -0.821. The number of aromatic nitrogens is 1. The molecule has 0 aliphatic carbocycles. The molecule has 0 aliphatic heterocycles. The minimum absolute atomic E-state index is 0.0723. The maximum Gasteiger partial charge on any atom is 0.305 e. The Morgan fingerprint density at radius 3 is 2.84 bits per heavy atom. The molecule has 0 amide bonds. The molecule has 0 fully saturated rings. The number of benzene rings is 1. The van der Waals surface area contributed by atoms with E-state index in [2.05, 4.69) is 10.3 Å². The molecule has 0 radical (unpaired) electrons. The van der Waals surface area contributed by atoms with Gasteiger partial charge in [0.25, 0.3) is 0 Å². The fraction of sp³-hybridized carbons (Fsp3) is 0.286. The van der Waals surface area contributed by atoms with Gasteiger partial charge in [-0.1, -0.05) is 23.7 Å². The largest absolute Gasteiger partial charge is 0.481 e. The molecule has 2 aromatic rings. The molecule has 0 unspecified atom stereocenters. The van der Waals surface area contributed by atoms with E-state index in [0.29, 0.717) is 11.6 Å². The number of nitrogens with zero attached hydrogens (tertiary/aromatic N) is 1. The number of carbonyl (C=O) groups is 1. The standard InChI is InChI=1S/C14H15ClN2O2/c1-8-9(2)17-14-10(4-3-5-11(14)15)13(8)16-7-6-12(18)19/h3-5H,6-7H2,1-2H3,(H,16,17)(H,18,19). The van der Waals surface area contributed by atoms with E-state index >= 15 is 0 Å². The molecular formula is C14H15ClN2O2. The van der Waals surface area contributed by atoms with Crippen LogP contribution in [-0.2, 0) is 4.79 Å². The van der Waals surface area contributed by atoms with Crippen molar-refractivity contribution in [1.82, 2.24) is 4.98 Å². The van der Waals surface area contributed by atoms with Crippen LogP contribution in [0.1, 0.15) is 17.7 Å². The third-order valence-electron chi connectivity index (χ3n) is 3.09. The van der Waals surface area contributed by atoms with Gasteiger partial charge in [-0.25, -0.2) is 0 Å². The highest BCUT2D eigenvalue weighted by Gasteiger charge is 2.11. The molecule has 1 aromatic heterocycles. The van der Waals surface area contributed by atoms with Crippen LogP contribution in [0, 0.1) is 13.8 Å². The molecule has 4 nitrogen and oxygen atoms in total. The Balaban J connectivity index is 2.48. The number of hydrogen-bond acceptors (Lipinski definition) is 3. The zero-order valence-electron chi connectivity index (χ0n) is 10.8. The summed E-state index contributed by atoms with van der Waals surface area (Å²) in [7, 11) is 0. The van der Waals surface area contributed by atoms with Crippen LogP contribution in [0.25, 0.3) is 10.9 Å². The van der Waals surface area contributed by atoms with E-state index in [1.54, 1.807) is 6.07 Å².